The summed E-state index contributed by atoms with van der Waals surface area (Å²) in [6.07, 6.45) is -3.84. The lowest BCUT2D eigenvalue weighted by Gasteiger charge is -2.27. The van der Waals surface area contributed by atoms with Gasteiger partial charge in [-0.1, -0.05) is 24.3 Å². The molecule has 0 saturated carbocycles. The van der Waals surface area contributed by atoms with Crippen molar-refractivity contribution in [1.29, 1.82) is 0 Å². The summed E-state index contributed by atoms with van der Waals surface area (Å²) in [5.74, 6) is 1.42. The van der Waals surface area contributed by atoms with Gasteiger partial charge in [0.05, 0.1) is 63.8 Å². The maximum absolute atomic E-state index is 14.0. The molecule has 0 aliphatic carbocycles. The minimum atomic E-state index is -4.87. The second-order valence-corrected chi connectivity index (χ2v) is 10.7. The maximum Gasteiger partial charge on any atom is 0.423 e. The van der Waals surface area contributed by atoms with Crippen LogP contribution in [0.1, 0.15) is 35.0 Å². The third kappa shape index (κ3) is 7.58. The third-order valence-electron chi connectivity index (χ3n) is 7.33. The number of aromatic nitrogens is 4. The van der Waals surface area contributed by atoms with Crippen molar-refractivity contribution < 1.29 is 27.4 Å². The van der Waals surface area contributed by atoms with Crippen LogP contribution in [-0.4, -0.2) is 57.9 Å². The SMILES string of the molecule is COc1ccc(CN2CCn3nc(COC[C@H](C)Nc4cnn(Cc5ccc(OC)cc5)c(=O)c4C(F)(F)F)cc3C2)cc1. The van der Waals surface area contributed by atoms with Crippen molar-refractivity contribution in [2.75, 3.05) is 32.7 Å². The molecule has 13 heteroatoms. The topological polar surface area (TPSA) is 95.7 Å². The Hall–Kier alpha value is -4.36. The number of ether oxygens (including phenoxy) is 3. The molecule has 5 rings (SSSR count). The summed E-state index contributed by atoms with van der Waals surface area (Å²) < 4.78 is 60.9. The molecule has 0 radical (unpaired) electrons. The molecule has 2 aromatic carbocycles. The third-order valence-corrected chi connectivity index (χ3v) is 7.33. The van der Waals surface area contributed by atoms with Crippen LogP contribution in [0.15, 0.2) is 65.6 Å². The Morgan fingerprint density at radius 1 is 0.955 bits per heavy atom. The van der Waals surface area contributed by atoms with Gasteiger partial charge < -0.3 is 19.5 Å². The van der Waals surface area contributed by atoms with E-state index in [2.05, 4.69) is 32.5 Å². The van der Waals surface area contributed by atoms with Crippen LogP contribution in [0.2, 0.25) is 0 Å². The molecule has 0 spiro atoms. The predicted octanol–water partition coefficient (Wildman–Crippen LogP) is 4.56. The molecule has 0 saturated heterocycles. The van der Waals surface area contributed by atoms with Gasteiger partial charge in [-0.05, 0) is 48.4 Å². The molecule has 0 fully saturated rings. The maximum atomic E-state index is 14.0. The highest BCUT2D eigenvalue weighted by Gasteiger charge is 2.38. The van der Waals surface area contributed by atoms with Gasteiger partial charge in [0.1, 0.15) is 17.1 Å². The van der Waals surface area contributed by atoms with Crippen molar-refractivity contribution >= 4 is 5.69 Å². The van der Waals surface area contributed by atoms with Gasteiger partial charge in [-0.3, -0.25) is 14.4 Å². The molecule has 0 bridgehead atoms. The summed E-state index contributed by atoms with van der Waals surface area (Å²) >= 11 is 0. The molecule has 0 amide bonds. The molecular formula is C31H35F3N6O4. The number of hydrogen-bond donors (Lipinski definition) is 1. The number of anilines is 1. The number of rotatable bonds is 12. The minimum Gasteiger partial charge on any atom is -0.497 e. The van der Waals surface area contributed by atoms with Gasteiger partial charge in [0, 0.05) is 25.7 Å². The van der Waals surface area contributed by atoms with E-state index in [9.17, 15) is 18.0 Å². The van der Waals surface area contributed by atoms with Gasteiger partial charge in [-0.25, -0.2) is 4.68 Å². The van der Waals surface area contributed by atoms with E-state index in [-0.39, 0.29) is 25.4 Å². The fourth-order valence-electron chi connectivity index (χ4n) is 5.11. The number of hydrogen-bond acceptors (Lipinski definition) is 8. The number of benzene rings is 2. The van der Waals surface area contributed by atoms with Crippen molar-refractivity contribution in [3.8, 4) is 11.5 Å². The van der Waals surface area contributed by atoms with Gasteiger partial charge >= 0.3 is 6.18 Å². The quantitative estimate of drug-likeness (QED) is 0.249. The van der Waals surface area contributed by atoms with Crippen molar-refractivity contribution in [2.45, 2.75) is 51.9 Å². The molecule has 1 aliphatic heterocycles. The van der Waals surface area contributed by atoms with E-state index < -0.39 is 23.3 Å². The Kier molecular flexibility index (Phi) is 9.55. The predicted molar refractivity (Wildman–Crippen MR) is 158 cm³/mol. The lowest BCUT2D eigenvalue weighted by atomic mass is 10.2. The van der Waals surface area contributed by atoms with Gasteiger partial charge in [-0.2, -0.15) is 23.4 Å². The second kappa shape index (κ2) is 13.5. The van der Waals surface area contributed by atoms with Crippen molar-refractivity contribution in [3.05, 3.63) is 99.2 Å². The Morgan fingerprint density at radius 2 is 1.59 bits per heavy atom. The first-order valence-corrected chi connectivity index (χ1v) is 14.2. The van der Waals surface area contributed by atoms with Crippen LogP contribution in [0.3, 0.4) is 0 Å². The summed E-state index contributed by atoms with van der Waals surface area (Å²) in [4.78, 5) is 15.2. The average molecular weight is 613 g/mol. The largest absolute Gasteiger partial charge is 0.497 e. The molecule has 234 valence electrons. The molecule has 1 aliphatic rings. The van der Waals surface area contributed by atoms with E-state index >= 15 is 0 Å². The molecule has 4 aromatic rings. The second-order valence-electron chi connectivity index (χ2n) is 10.7. The van der Waals surface area contributed by atoms with Gasteiger partial charge in [0.25, 0.3) is 5.56 Å². The fourth-order valence-corrected chi connectivity index (χ4v) is 5.11. The number of fused-ring (bicyclic) bond motifs is 1. The molecule has 1 N–H and O–H groups in total. The average Bonchev–Trinajstić information content (AvgIpc) is 3.40. The molecular weight excluding hydrogens is 577 g/mol. The van der Waals surface area contributed by atoms with Crippen LogP contribution < -0.4 is 20.3 Å². The van der Waals surface area contributed by atoms with Gasteiger partial charge in [0.15, 0.2) is 0 Å². The molecule has 0 unspecified atom stereocenters. The van der Waals surface area contributed by atoms with Crippen LogP contribution in [0.5, 0.6) is 11.5 Å². The summed E-state index contributed by atoms with van der Waals surface area (Å²) in [5, 5.41) is 11.4. The molecule has 44 heavy (non-hydrogen) atoms. The fraction of sp³-hybridized carbons (Fsp3) is 0.387. The lowest BCUT2D eigenvalue weighted by molar-refractivity contribution is -0.138. The first kappa shape index (κ1) is 31.1. The van der Waals surface area contributed by atoms with Crippen molar-refractivity contribution in [1.82, 2.24) is 24.5 Å². The number of halogens is 3. The highest BCUT2D eigenvalue weighted by Crippen LogP contribution is 2.32. The Morgan fingerprint density at radius 3 is 2.20 bits per heavy atom. The van der Waals surface area contributed by atoms with E-state index in [1.165, 1.54) is 12.7 Å². The highest BCUT2D eigenvalue weighted by molar-refractivity contribution is 5.50. The summed E-state index contributed by atoms with van der Waals surface area (Å²) in [6.45, 7) is 5.03. The van der Waals surface area contributed by atoms with Crippen molar-refractivity contribution in [2.24, 2.45) is 0 Å². The van der Waals surface area contributed by atoms with Crippen molar-refractivity contribution in [3.63, 3.8) is 0 Å². The number of methoxy groups -OCH3 is 2. The number of alkyl halides is 3. The minimum absolute atomic E-state index is 0.0953. The zero-order valence-corrected chi connectivity index (χ0v) is 24.8. The van der Waals surface area contributed by atoms with E-state index in [1.54, 1.807) is 38.3 Å². The molecule has 2 aromatic heterocycles. The van der Waals surface area contributed by atoms with Crippen LogP contribution in [0.25, 0.3) is 0 Å². The normalized spacial score (nSPS) is 14.2. The van der Waals surface area contributed by atoms with E-state index in [0.717, 1.165) is 54.2 Å². The monoisotopic (exact) mass is 612 g/mol. The summed E-state index contributed by atoms with van der Waals surface area (Å²) in [5.41, 5.74) is 0.718. The van der Waals surface area contributed by atoms with Crippen LogP contribution >= 0.6 is 0 Å². The first-order chi connectivity index (χ1) is 21.1. The van der Waals surface area contributed by atoms with Gasteiger partial charge in [-0.15, -0.1) is 0 Å². The molecule has 1 atom stereocenters. The smallest absolute Gasteiger partial charge is 0.423 e. The molecule has 10 nitrogen and oxygen atoms in total. The van der Waals surface area contributed by atoms with Crippen LogP contribution in [0, 0.1) is 0 Å². The standard InChI is InChI=1S/C31H35F3N6O4/c1-21(36-28-15-35-40(30(41)29(28)31(32,33)34)17-23-6-10-27(43-3)11-7-23)19-44-20-24-14-25-18-38(12-13-39(25)37-24)16-22-4-8-26(42-2)9-5-22/h4-11,14-15,21,36H,12-13,16-20H2,1-3H3/t21-/m0/s1. The van der Waals surface area contributed by atoms with Gasteiger partial charge in [0.2, 0.25) is 0 Å². The summed E-state index contributed by atoms with van der Waals surface area (Å²) in [6, 6.07) is 16.1. The van der Waals surface area contributed by atoms with Crippen LogP contribution in [0.4, 0.5) is 18.9 Å². The highest BCUT2D eigenvalue weighted by atomic mass is 19.4. The number of nitrogens with zero attached hydrogens (tertiary/aromatic N) is 5. The van der Waals surface area contributed by atoms with E-state index in [1.807, 2.05) is 22.9 Å². The first-order valence-electron chi connectivity index (χ1n) is 14.2. The summed E-state index contributed by atoms with van der Waals surface area (Å²) in [7, 11) is 3.16. The van der Waals surface area contributed by atoms with E-state index in [4.69, 9.17) is 14.2 Å². The lowest BCUT2D eigenvalue weighted by Crippen LogP contribution is -2.34. The zero-order chi connectivity index (χ0) is 31.3. The number of nitrogens with one attached hydrogen (secondary N) is 1. The Bertz CT molecular complexity index is 1600. The Labute approximate surface area is 253 Å². The molecule has 3 heterocycles. The zero-order valence-electron chi connectivity index (χ0n) is 24.8. The Balaban J connectivity index is 1.16. The van der Waals surface area contributed by atoms with Crippen LogP contribution in [-0.2, 0) is 43.7 Å². The van der Waals surface area contributed by atoms with E-state index in [0.29, 0.717) is 11.3 Å².